The van der Waals surface area contributed by atoms with Crippen LogP contribution in [-0.4, -0.2) is 34.8 Å². The largest absolute Gasteiger partial charge is 0.444 e. The highest BCUT2D eigenvalue weighted by atomic mass is 16.6. The number of nitrogens with one attached hydrogen (secondary N) is 2. The zero-order chi connectivity index (χ0) is 29.0. The molecule has 0 spiro atoms. The van der Waals surface area contributed by atoms with Gasteiger partial charge in [0.25, 0.3) is 0 Å². The van der Waals surface area contributed by atoms with Crippen molar-refractivity contribution in [1.29, 1.82) is 0 Å². The molecule has 0 heterocycles. The molecule has 0 radical (unpaired) electrons. The molecular weight excluding hydrogens is 492 g/mol. The standard InChI is InChI=1S/C31H38N4O4/c1-19-18-26(35-29(37)39-31(7,8)9)20(2)17-25(19)33-24-16-15-23(34-28(36)38-30(4,5)6)21(3)27(24)32-22-13-11-10-12-14-22/h10-18H,1-9H3,(H,34,36)(H,35,37). The van der Waals surface area contributed by atoms with Gasteiger partial charge in [-0.1, -0.05) is 18.2 Å². The number of aliphatic imine (C=N–C) groups is 2. The van der Waals surface area contributed by atoms with Crippen LogP contribution in [0.5, 0.6) is 0 Å². The number of rotatable bonds is 4. The third-order valence-corrected chi connectivity index (χ3v) is 5.46. The topological polar surface area (TPSA) is 101 Å². The summed E-state index contributed by atoms with van der Waals surface area (Å²) in [7, 11) is 0. The van der Waals surface area contributed by atoms with Crippen LogP contribution in [0.4, 0.5) is 26.7 Å². The number of amides is 2. The van der Waals surface area contributed by atoms with Gasteiger partial charge in [-0.25, -0.2) is 19.6 Å². The summed E-state index contributed by atoms with van der Waals surface area (Å²) in [6, 6.07) is 13.4. The molecule has 0 unspecified atom stereocenters. The van der Waals surface area contributed by atoms with Gasteiger partial charge in [-0.2, -0.15) is 0 Å². The van der Waals surface area contributed by atoms with Gasteiger partial charge in [0.2, 0.25) is 0 Å². The molecule has 39 heavy (non-hydrogen) atoms. The number of nitrogens with zero attached hydrogens (tertiary/aromatic N) is 2. The maximum atomic E-state index is 12.5. The number of alkyl carbamates (subject to hydrolysis) is 1. The van der Waals surface area contributed by atoms with E-state index in [4.69, 9.17) is 19.5 Å². The maximum Gasteiger partial charge on any atom is 0.412 e. The normalized spacial score (nSPS) is 15.9. The minimum absolute atomic E-state index is 0.512. The number of aryl methyl sites for hydroxylation is 2. The quantitative estimate of drug-likeness (QED) is 0.393. The molecule has 1 aliphatic rings. The second-order valence-electron chi connectivity index (χ2n) is 11.4. The zero-order valence-electron chi connectivity index (χ0n) is 24.2. The summed E-state index contributed by atoms with van der Waals surface area (Å²) in [6.45, 7) is 16.6. The van der Waals surface area contributed by atoms with Crippen molar-refractivity contribution in [2.75, 3.05) is 5.32 Å². The van der Waals surface area contributed by atoms with Crippen LogP contribution in [0.1, 0.15) is 59.6 Å². The minimum Gasteiger partial charge on any atom is -0.444 e. The molecule has 1 aliphatic carbocycles. The molecule has 0 aromatic heterocycles. The van der Waals surface area contributed by atoms with Gasteiger partial charge in [-0.3, -0.25) is 10.6 Å². The van der Waals surface area contributed by atoms with E-state index < -0.39 is 23.4 Å². The van der Waals surface area contributed by atoms with Crippen LogP contribution in [0.25, 0.3) is 0 Å². The Morgan fingerprint density at radius 1 is 0.744 bits per heavy atom. The molecule has 0 fully saturated rings. The van der Waals surface area contributed by atoms with Crippen molar-refractivity contribution in [3.8, 4) is 0 Å². The Bertz CT molecular complexity index is 1370. The molecule has 0 saturated heterocycles. The Labute approximate surface area is 230 Å². The van der Waals surface area contributed by atoms with Crippen LogP contribution in [0.15, 0.2) is 75.9 Å². The summed E-state index contributed by atoms with van der Waals surface area (Å²) in [5.41, 5.74) is 5.25. The average molecular weight is 531 g/mol. The summed E-state index contributed by atoms with van der Waals surface area (Å²) in [4.78, 5) is 34.6. The van der Waals surface area contributed by atoms with Gasteiger partial charge in [0.1, 0.15) is 11.2 Å². The predicted molar refractivity (Wildman–Crippen MR) is 158 cm³/mol. The van der Waals surface area contributed by atoms with Crippen LogP contribution in [-0.2, 0) is 9.47 Å². The number of hydrogen-bond acceptors (Lipinski definition) is 6. The van der Waals surface area contributed by atoms with Crippen LogP contribution >= 0.6 is 0 Å². The Hall–Kier alpha value is -4.20. The van der Waals surface area contributed by atoms with Crippen molar-refractivity contribution in [2.45, 2.75) is 73.5 Å². The monoisotopic (exact) mass is 530 g/mol. The maximum absolute atomic E-state index is 12.5. The molecule has 2 aromatic rings. The molecular formula is C31H38N4O4. The van der Waals surface area contributed by atoms with Gasteiger partial charge in [0.05, 0.1) is 22.8 Å². The smallest absolute Gasteiger partial charge is 0.412 e. The van der Waals surface area contributed by atoms with Crippen LogP contribution < -0.4 is 10.6 Å². The first-order chi connectivity index (χ1) is 18.1. The van der Waals surface area contributed by atoms with Crippen LogP contribution in [0, 0.1) is 13.8 Å². The van der Waals surface area contributed by atoms with E-state index in [2.05, 4.69) is 10.6 Å². The fourth-order valence-electron chi connectivity index (χ4n) is 3.70. The molecule has 8 heteroatoms. The summed E-state index contributed by atoms with van der Waals surface area (Å²) >= 11 is 0. The molecule has 2 aromatic carbocycles. The van der Waals surface area contributed by atoms with Gasteiger partial charge in [-0.05, 0) is 110 Å². The lowest BCUT2D eigenvalue weighted by Crippen LogP contribution is -2.34. The van der Waals surface area contributed by atoms with Gasteiger partial charge in [-0.15, -0.1) is 0 Å². The minimum atomic E-state index is -0.621. The fraction of sp³-hybridized carbons (Fsp3) is 0.355. The van der Waals surface area contributed by atoms with E-state index in [9.17, 15) is 9.59 Å². The Balaban J connectivity index is 1.98. The number of benzene rings is 2. The highest BCUT2D eigenvalue weighted by Gasteiger charge is 2.23. The third-order valence-electron chi connectivity index (χ3n) is 5.46. The van der Waals surface area contributed by atoms with Gasteiger partial charge < -0.3 is 9.47 Å². The van der Waals surface area contributed by atoms with E-state index in [-0.39, 0.29) is 0 Å². The van der Waals surface area contributed by atoms with E-state index >= 15 is 0 Å². The van der Waals surface area contributed by atoms with E-state index in [1.54, 1.807) is 6.08 Å². The third kappa shape index (κ3) is 8.67. The van der Waals surface area contributed by atoms with E-state index in [0.717, 1.165) is 28.1 Å². The van der Waals surface area contributed by atoms with Gasteiger partial charge in [0.15, 0.2) is 0 Å². The predicted octanol–water partition coefficient (Wildman–Crippen LogP) is 7.86. The molecule has 8 nitrogen and oxygen atoms in total. The SMILES string of the molecule is CC1=C(NC(=O)OC(C)(C)C)C=CC(=Nc2cc(C)c(NC(=O)OC(C)(C)C)cc2C)C1=Nc1ccccc1. The number of anilines is 1. The summed E-state index contributed by atoms with van der Waals surface area (Å²) in [5.74, 6) is 0. The summed E-state index contributed by atoms with van der Waals surface area (Å²) < 4.78 is 10.8. The Morgan fingerprint density at radius 3 is 1.92 bits per heavy atom. The Morgan fingerprint density at radius 2 is 1.33 bits per heavy atom. The van der Waals surface area contributed by atoms with E-state index in [1.807, 2.05) is 111 Å². The highest BCUT2D eigenvalue weighted by Crippen LogP contribution is 2.29. The lowest BCUT2D eigenvalue weighted by atomic mass is 9.98. The van der Waals surface area contributed by atoms with E-state index in [0.29, 0.717) is 22.8 Å². The molecule has 0 saturated carbocycles. The Kier molecular flexibility index (Phi) is 8.79. The number of carbonyl (C=O) groups is 2. The highest BCUT2D eigenvalue weighted by molar-refractivity contribution is 6.53. The second kappa shape index (κ2) is 11.7. The van der Waals surface area contributed by atoms with Crippen molar-refractivity contribution in [3.05, 3.63) is 77.0 Å². The number of carbonyl (C=O) groups excluding carboxylic acids is 2. The molecule has 0 atom stereocenters. The average Bonchev–Trinajstić information content (AvgIpc) is 2.79. The van der Waals surface area contributed by atoms with Gasteiger partial charge >= 0.3 is 12.2 Å². The van der Waals surface area contributed by atoms with Crippen LogP contribution in [0.3, 0.4) is 0 Å². The van der Waals surface area contributed by atoms with E-state index in [1.165, 1.54) is 0 Å². The summed E-state index contributed by atoms with van der Waals surface area (Å²) in [5, 5.41) is 5.65. The van der Waals surface area contributed by atoms with Crippen molar-refractivity contribution in [2.24, 2.45) is 9.98 Å². The zero-order valence-corrected chi connectivity index (χ0v) is 24.2. The lowest BCUT2D eigenvalue weighted by molar-refractivity contribution is 0.0546. The molecule has 3 rings (SSSR count). The van der Waals surface area contributed by atoms with Crippen molar-refractivity contribution < 1.29 is 19.1 Å². The number of para-hydroxylation sites is 1. The van der Waals surface area contributed by atoms with Crippen LogP contribution in [0.2, 0.25) is 0 Å². The van der Waals surface area contributed by atoms with Crippen molar-refractivity contribution in [3.63, 3.8) is 0 Å². The van der Waals surface area contributed by atoms with Gasteiger partial charge in [0, 0.05) is 17.0 Å². The first kappa shape index (κ1) is 29.4. The molecule has 2 N–H and O–H groups in total. The molecule has 0 aliphatic heterocycles. The number of allylic oxidation sites excluding steroid dienone is 3. The van der Waals surface area contributed by atoms with Crippen molar-refractivity contribution in [1.82, 2.24) is 5.32 Å². The first-order valence-electron chi connectivity index (χ1n) is 12.8. The molecule has 2 amide bonds. The molecule has 0 bridgehead atoms. The first-order valence-corrected chi connectivity index (χ1v) is 12.8. The number of ether oxygens (including phenoxy) is 2. The fourth-order valence-corrected chi connectivity index (χ4v) is 3.70. The lowest BCUT2D eigenvalue weighted by Gasteiger charge is -2.22. The number of hydrogen-bond donors (Lipinski definition) is 2. The molecule has 206 valence electrons. The van der Waals surface area contributed by atoms with Crippen molar-refractivity contribution >= 4 is 40.7 Å². The summed E-state index contributed by atoms with van der Waals surface area (Å²) in [6.07, 6.45) is 2.56. The second-order valence-corrected chi connectivity index (χ2v) is 11.4.